The van der Waals surface area contributed by atoms with Gasteiger partial charge in [0.1, 0.15) is 0 Å². The van der Waals surface area contributed by atoms with Gasteiger partial charge in [0.2, 0.25) is 5.91 Å². The molecule has 0 bridgehead atoms. The lowest BCUT2D eigenvalue weighted by atomic mass is 9.90. The lowest BCUT2D eigenvalue weighted by Gasteiger charge is -2.18. The minimum atomic E-state index is -0.668. The molecule has 0 aliphatic heterocycles. The Balaban J connectivity index is 1.38. The maximum absolute atomic E-state index is 13.0. The smallest absolute Gasteiger partial charge is 0.223 e. The van der Waals surface area contributed by atoms with E-state index < -0.39 is 12.0 Å². The number of carbonyl (C=O) groups is 2. The molecule has 0 aliphatic rings. The van der Waals surface area contributed by atoms with Gasteiger partial charge in [-0.2, -0.15) is 0 Å². The number of Topliss-reactive ketones (excluding diaryl/α,β-unsaturated/α-hetero) is 1. The van der Waals surface area contributed by atoms with E-state index >= 15 is 0 Å². The van der Waals surface area contributed by atoms with Crippen molar-refractivity contribution >= 4 is 11.7 Å². The van der Waals surface area contributed by atoms with E-state index in [1.807, 2.05) is 84.9 Å². The summed E-state index contributed by atoms with van der Waals surface area (Å²) < 4.78 is 0. The van der Waals surface area contributed by atoms with E-state index in [2.05, 4.69) is 22.4 Å². The Hall–Kier alpha value is -4.09. The molecule has 0 radical (unpaired) electrons. The molecule has 0 saturated carbocycles. The lowest BCUT2D eigenvalue weighted by molar-refractivity contribution is -0.129. The predicted octanol–water partition coefficient (Wildman–Crippen LogP) is 4.85. The highest BCUT2D eigenvalue weighted by Crippen LogP contribution is 2.21. The van der Waals surface area contributed by atoms with Gasteiger partial charge in [0.15, 0.2) is 5.78 Å². The monoisotopic (exact) mass is 477 g/mol. The molecule has 4 rings (SSSR count). The number of nitrogens with two attached hydrogens (primary N) is 1. The van der Waals surface area contributed by atoms with Crippen molar-refractivity contribution in [3.63, 3.8) is 0 Å². The first-order valence-corrected chi connectivity index (χ1v) is 12.2. The van der Waals surface area contributed by atoms with Crippen molar-refractivity contribution in [2.24, 2.45) is 11.7 Å². The van der Waals surface area contributed by atoms with Gasteiger partial charge in [-0.05, 0) is 41.2 Å². The van der Waals surface area contributed by atoms with Crippen LogP contribution in [0.5, 0.6) is 0 Å². The van der Waals surface area contributed by atoms with Crippen LogP contribution >= 0.6 is 0 Å². The average molecular weight is 478 g/mol. The van der Waals surface area contributed by atoms with E-state index in [1.54, 1.807) is 13.2 Å². The van der Waals surface area contributed by atoms with Gasteiger partial charge < -0.3 is 11.1 Å². The summed E-state index contributed by atoms with van der Waals surface area (Å²) >= 11 is 0. The number of carbonyl (C=O) groups excluding carboxylic acids is 2. The normalized spacial score (nSPS) is 12.5. The maximum Gasteiger partial charge on any atom is 0.223 e. The van der Waals surface area contributed by atoms with Gasteiger partial charge in [-0.15, -0.1) is 0 Å². The minimum Gasteiger partial charge on any atom is -0.359 e. The van der Waals surface area contributed by atoms with E-state index in [9.17, 15) is 9.59 Å². The number of amides is 1. The highest BCUT2D eigenvalue weighted by Gasteiger charge is 2.25. The van der Waals surface area contributed by atoms with Gasteiger partial charge in [0, 0.05) is 31.1 Å². The molecule has 5 heteroatoms. The van der Waals surface area contributed by atoms with Crippen molar-refractivity contribution in [2.75, 3.05) is 7.05 Å². The summed E-state index contributed by atoms with van der Waals surface area (Å²) in [5.74, 6) is -0.794. The van der Waals surface area contributed by atoms with Crippen LogP contribution in [0.4, 0.5) is 0 Å². The van der Waals surface area contributed by atoms with Crippen LogP contribution < -0.4 is 11.1 Å². The zero-order valence-electron chi connectivity index (χ0n) is 20.4. The van der Waals surface area contributed by atoms with Gasteiger partial charge in [-0.3, -0.25) is 14.6 Å². The molecule has 0 saturated heterocycles. The molecule has 3 aromatic carbocycles. The Labute approximate surface area is 212 Å². The fraction of sp³-hybridized carbons (Fsp3) is 0.194. The molecule has 0 spiro atoms. The van der Waals surface area contributed by atoms with E-state index in [0.29, 0.717) is 12.8 Å². The number of pyridine rings is 1. The number of hydrogen-bond donors (Lipinski definition) is 2. The molecule has 0 fully saturated rings. The summed E-state index contributed by atoms with van der Waals surface area (Å²) in [5.41, 5.74) is 12.3. The fourth-order valence-electron chi connectivity index (χ4n) is 4.30. The Morgan fingerprint density at radius 2 is 1.33 bits per heavy atom. The van der Waals surface area contributed by atoms with Crippen molar-refractivity contribution in [3.8, 4) is 22.4 Å². The summed E-state index contributed by atoms with van der Waals surface area (Å²) in [6.07, 6.45) is 2.72. The molecule has 1 heterocycles. The molecule has 1 amide bonds. The number of nitrogens with zero attached hydrogens (tertiary/aromatic N) is 1. The topological polar surface area (TPSA) is 85.1 Å². The van der Waals surface area contributed by atoms with Crippen LogP contribution in [0.1, 0.15) is 17.5 Å². The van der Waals surface area contributed by atoms with E-state index in [-0.39, 0.29) is 18.1 Å². The maximum atomic E-state index is 13.0. The van der Waals surface area contributed by atoms with Gasteiger partial charge >= 0.3 is 0 Å². The van der Waals surface area contributed by atoms with Crippen LogP contribution in [0, 0.1) is 5.92 Å². The van der Waals surface area contributed by atoms with E-state index in [4.69, 9.17) is 5.73 Å². The second-order valence-corrected chi connectivity index (χ2v) is 8.98. The van der Waals surface area contributed by atoms with Gasteiger partial charge in [-0.25, -0.2) is 0 Å². The van der Waals surface area contributed by atoms with E-state index in [1.165, 1.54) is 0 Å². The van der Waals surface area contributed by atoms with Gasteiger partial charge in [0.25, 0.3) is 0 Å². The highest BCUT2D eigenvalue weighted by molar-refractivity contribution is 5.90. The molecule has 4 aromatic rings. The average Bonchev–Trinajstić information content (AvgIpc) is 2.94. The number of rotatable bonds is 10. The summed E-state index contributed by atoms with van der Waals surface area (Å²) in [5, 5.41) is 2.69. The second-order valence-electron chi connectivity index (χ2n) is 8.98. The van der Waals surface area contributed by atoms with E-state index in [0.717, 1.165) is 33.5 Å². The molecule has 5 nitrogen and oxygen atoms in total. The van der Waals surface area contributed by atoms with Crippen molar-refractivity contribution < 1.29 is 9.59 Å². The van der Waals surface area contributed by atoms with Crippen LogP contribution in [0.25, 0.3) is 22.4 Å². The number of benzene rings is 3. The number of nitrogens with one attached hydrogen (secondary N) is 1. The third-order valence-electron chi connectivity index (χ3n) is 6.37. The third-order valence-corrected chi connectivity index (χ3v) is 6.37. The molecular formula is C31H31N3O2. The molecule has 36 heavy (non-hydrogen) atoms. The van der Waals surface area contributed by atoms with Crippen LogP contribution in [0.2, 0.25) is 0 Å². The molecule has 1 aromatic heterocycles. The van der Waals surface area contributed by atoms with Gasteiger partial charge in [-0.1, -0.05) is 91.0 Å². The van der Waals surface area contributed by atoms with Crippen molar-refractivity contribution in [1.82, 2.24) is 10.3 Å². The van der Waals surface area contributed by atoms with Gasteiger partial charge in [0.05, 0.1) is 11.7 Å². The first-order chi connectivity index (χ1) is 17.5. The van der Waals surface area contributed by atoms with Crippen LogP contribution in [0.15, 0.2) is 103 Å². The first-order valence-electron chi connectivity index (χ1n) is 12.2. The summed E-state index contributed by atoms with van der Waals surface area (Å²) in [7, 11) is 1.59. The second kappa shape index (κ2) is 12.0. The fourth-order valence-corrected chi connectivity index (χ4v) is 4.30. The molecule has 0 aliphatic carbocycles. The Morgan fingerprint density at radius 3 is 1.92 bits per heavy atom. The van der Waals surface area contributed by atoms with Crippen molar-refractivity contribution in [1.29, 1.82) is 0 Å². The quantitative estimate of drug-likeness (QED) is 0.342. The zero-order valence-corrected chi connectivity index (χ0v) is 20.4. The Bertz CT molecular complexity index is 1270. The molecule has 2 atom stereocenters. The molecule has 182 valence electrons. The largest absolute Gasteiger partial charge is 0.359 e. The molecule has 0 unspecified atom stereocenters. The summed E-state index contributed by atoms with van der Waals surface area (Å²) in [6.45, 7) is 0. The molecule has 3 N–H and O–H groups in total. The Morgan fingerprint density at radius 1 is 0.750 bits per heavy atom. The number of ketones is 1. The Kier molecular flexibility index (Phi) is 8.37. The highest BCUT2D eigenvalue weighted by atomic mass is 16.2. The number of hydrogen-bond acceptors (Lipinski definition) is 4. The zero-order chi connectivity index (χ0) is 25.3. The van der Waals surface area contributed by atoms with Crippen molar-refractivity contribution in [3.05, 3.63) is 114 Å². The van der Waals surface area contributed by atoms with Crippen LogP contribution in [-0.4, -0.2) is 29.8 Å². The lowest BCUT2D eigenvalue weighted by Crippen LogP contribution is -2.38. The summed E-state index contributed by atoms with van der Waals surface area (Å²) in [6, 6.07) is 31.4. The van der Waals surface area contributed by atoms with Crippen molar-refractivity contribution in [2.45, 2.75) is 25.3 Å². The summed E-state index contributed by atoms with van der Waals surface area (Å²) in [4.78, 5) is 30.1. The minimum absolute atomic E-state index is 0.0867. The van der Waals surface area contributed by atoms with Crippen LogP contribution in [0.3, 0.4) is 0 Å². The predicted molar refractivity (Wildman–Crippen MR) is 144 cm³/mol. The third kappa shape index (κ3) is 6.52. The number of aromatic nitrogens is 1. The molecular weight excluding hydrogens is 446 g/mol. The standard InChI is InChI=1S/C31H31N3O2/c1-33-31(36)27(18-23-14-17-29(34-21-23)26-10-6-3-7-11-26)20-30(35)28(32)19-22-12-15-25(16-13-22)24-8-4-2-5-9-24/h2-17,21,27-28H,18-20,32H2,1H3,(H,33,36)/t27-,28+/m1/s1. The van der Waals surface area contributed by atoms with Crippen LogP contribution in [-0.2, 0) is 22.4 Å². The SMILES string of the molecule is CNC(=O)[C@@H](CC(=O)[C@@H](N)Cc1ccc(-c2ccccc2)cc1)Cc1ccc(-c2ccccc2)nc1. The first kappa shape index (κ1) is 25.0.